The van der Waals surface area contributed by atoms with E-state index in [-0.39, 0.29) is 0 Å². The zero-order valence-electron chi connectivity index (χ0n) is 24.9. The summed E-state index contributed by atoms with van der Waals surface area (Å²) < 4.78 is 58.9. The zero-order valence-corrected chi connectivity index (χ0v) is 26.6. The van der Waals surface area contributed by atoms with Crippen LogP contribution in [0.15, 0.2) is 120 Å². The Labute approximate surface area is 270 Å². The minimum absolute atomic E-state index is 0.854. The van der Waals surface area contributed by atoms with Gasteiger partial charge in [-0.15, -0.1) is 11.8 Å². The lowest BCUT2D eigenvalue weighted by Crippen LogP contribution is -2.21. The van der Waals surface area contributed by atoms with Crippen LogP contribution in [0.2, 0.25) is 0 Å². The molecule has 0 fully saturated rings. The van der Waals surface area contributed by atoms with E-state index in [0.29, 0.717) is 0 Å². The van der Waals surface area contributed by atoms with Gasteiger partial charge in [-0.3, -0.25) is 0 Å². The number of benzene rings is 6. The largest absolute Gasteiger partial charge is 0.741 e. The van der Waals surface area contributed by atoms with E-state index < -0.39 is 15.6 Å². The van der Waals surface area contributed by atoms with Crippen LogP contribution in [0, 0.1) is 6.07 Å². The van der Waals surface area contributed by atoms with Crippen molar-refractivity contribution in [2.75, 3.05) is 6.54 Å². The summed E-state index contributed by atoms with van der Waals surface area (Å²) in [5.41, 5.74) is -0.713. The molecule has 0 bridgehead atoms. The fourth-order valence-corrected chi connectivity index (χ4v) is 5.95. The third kappa shape index (κ3) is 8.07. The van der Waals surface area contributed by atoms with Gasteiger partial charge in [-0.25, -0.2) is 8.42 Å². The molecule has 0 aliphatic heterocycles. The Hall–Kier alpha value is -4.36. The fraction of sp³-hybridized carbons (Fsp3) is 0.162. The second-order valence-corrected chi connectivity index (χ2v) is 13.1. The summed E-state index contributed by atoms with van der Waals surface area (Å²) in [6.07, 6.45) is 2.28. The van der Waals surface area contributed by atoms with Crippen LogP contribution in [0.5, 0.6) is 0 Å². The summed E-state index contributed by atoms with van der Waals surface area (Å²) >= 11 is 1.88. The molecule has 4 nitrogen and oxygen atoms in total. The Kier molecular flexibility index (Phi) is 10.3. The van der Waals surface area contributed by atoms with Crippen molar-refractivity contribution in [3.63, 3.8) is 0 Å². The number of hydrogen-bond donors (Lipinski definition) is 0. The van der Waals surface area contributed by atoms with E-state index in [0.717, 1.165) is 30.7 Å². The molecule has 9 heteroatoms. The average Bonchev–Trinajstić information content (AvgIpc) is 3.04. The molecule has 0 spiro atoms. The van der Waals surface area contributed by atoms with Crippen LogP contribution in [0.1, 0.15) is 30.9 Å². The first kappa shape index (κ1) is 33.0. The molecule has 6 aromatic rings. The average molecular weight is 658 g/mol. The van der Waals surface area contributed by atoms with Crippen molar-refractivity contribution in [3.8, 4) is 17.2 Å². The number of unbranched alkanes of at least 4 members (excludes halogenated alkanes) is 1. The Morgan fingerprint density at radius 3 is 2.07 bits per heavy atom. The third-order valence-electron chi connectivity index (χ3n) is 7.33. The minimum atomic E-state index is -6.09. The number of fused-ring (bicyclic) bond motifs is 3. The molecule has 6 rings (SSSR count). The van der Waals surface area contributed by atoms with Crippen LogP contribution >= 0.6 is 11.8 Å². The van der Waals surface area contributed by atoms with E-state index >= 15 is 0 Å². The molecule has 0 unspecified atom stereocenters. The quantitative estimate of drug-likeness (QED) is 0.0588. The van der Waals surface area contributed by atoms with Crippen molar-refractivity contribution in [3.05, 3.63) is 131 Å². The lowest BCUT2D eigenvalue weighted by molar-refractivity contribution is -0.0517. The first-order valence-electron chi connectivity index (χ1n) is 14.6. The highest BCUT2D eigenvalue weighted by Crippen LogP contribution is 2.39. The van der Waals surface area contributed by atoms with E-state index in [1.165, 1.54) is 53.9 Å². The van der Waals surface area contributed by atoms with Gasteiger partial charge in [-0.2, -0.15) is 13.2 Å². The molecule has 0 saturated heterocycles. The van der Waals surface area contributed by atoms with Gasteiger partial charge in [-0.1, -0.05) is 84.6 Å². The maximum atomic E-state index is 10.7. The van der Waals surface area contributed by atoms with Crippen molar-refractivity contribution >= 4 is 54.2 Å². The monoisotopic (exact) mass is 657 g/mol. The second kappa shape index (κ2) is 14.4. The Bertz CT molecular complexity index is 2160. The summed E-state index contributed by atoms with van der Waals surface area (Å²) in [7, 11) is -6.09. The molecule has 0 atom stereocenters. The molecule has 234 valence electrons. The maximum Gasteiger partial charge on any atom is 0.485 e. The first-order valence-corrected chi connectivity index (χ1v) is 17.0. The molecule has 0 amide bonds. The van der Waals surface area contributed by atoms with Gasteiger partial charge in [0.15, 0.2) is 10.1 Å². The normalized spacial score (nSPS) is 11.6. The summed E-state index contributed by atoms with van der Waals surface area (Å²) in [5, 5.41) is 7.71. The number of rotatable bonds is 6. The van der Waals surface area contributed by atoms with Gasteiger partial charge in [0, 0.05) is 17.1 Å². The highest BCUT2D eigenvalue weighted by molar-refractivity contribution is 7.98. The molecular formula is C37H30F3NO3S2. The number of alkyl halides is 3. The highest BCUT2D eigenvalue weighted by Gasteiger charge is 2.36. The third-order valence-corrected chi connectivity index (χ3v) is 8.96. The summed E-state index contributed by atoms with van der Waals surface area (Å²) in [5.74, 6) is 0.928. The molecule has 0 aliphatic rings. The lowest BCUT2D eigenvalue weighted by atomic mass is 9.90. The number of nitrogens with zero attached hydrogens (tertiary/aromatic N) is 1. The number of hydrogen-bond acceptors (Lipinski definition) is 4. The molecule has 6 aromatic carbocycles. The van der Waals surface area contributed by atoms with Crippen molar-refractivity contribution < 1.29 is 26.1 Å². The van der Waals surface area contributed by atoms with Crippen LogP contribution < -0.4 is 0 Å². The molecule has 0 radical (unpaired) electrons. The van der Waals surface area contributed by atoms with Crippen LogP contribution in [0.3, 0.4) is 0 Å². The SMILES string of the molecule is CCCC[N+]#Cc1ccc(CSc2cccc(-c3c4ccccc4cc4cc5ccccc5cc34)c2)cc1.O=S(=O)([O-])C(F)(F)F. The minimum Gasteiger partial charge on any atom is -0.741 e. The summed E-state index contributed by atoms with van der Waals surface area (Å²) in [6, 6.07) is 45.2. The van der Waals surface area contributed by atoms with Crippen molar-refractivity contribution in [2.24, 2.45) is 0 Å². The van der Waals surface area contributed by atoms with E-state index in [1.54, 1.807) is 0 Å². The van der Waals surface area contributed by atoms with E-state index in [4.69, 9.17) is 13.0 Å². The van der Waals surface area contributed by atoms with Crippen LogP contribution in [0.25, 0.3) is 48.3 Å². The van der Waals surface area contributed by atoms with Gasteiger partial charge < -0.3 is 4.55 Å². The predicted octanol–water partition coefficient (Wildman–Crippen LogP) is 10.6. The van der Waals surface area contributed by atoms with Gasteiger partial charge in [0.05, 0.1) is 0 Å². The number of halogens is 3. The van der Waals surface area contributed by atoms with Gasteiger partial charge in [0.25, 0.3) is 6.54 Å². The van der Waals surface area contributed by atoms with E-state index in [1.807, 2.05) is 11.8 Å². The Balaban J connectivity index is 0.000000463. The van der Waals surface area contributed by atoms with Gasteiger partial charge >= 0.3 is 11.6 Å². The van der Waals surface area contributed by atoms with E-state index in [2.05, 4.69) is 133 Å². The summed E-state index contributed by atoms with van der Waals surface area (Å²) in [4.78, 5) is 5.68. The molecular weight excluding hydrogens is 628 g/mol. The van der Waals surface area contributed by atoms with Crippen molar-refractivity contribution in [1.29, 1.82) is 0 Å². The summed E-state index contributed by atoms with van der Waals surface area (Å²) in [6.45, 7) is 3.04. The van der Waals surface area contributed by atoms with Crippen LogP contribution in [0.4, 0.5) is 13.2 Å². The maximum absolute atomic E-state index is 10.7. The highest BCUT2D eigenvalue weighted by atomic mass is 32.2. The van der Waals surface area contributed by atoms with Crippen LogP contribution in [-0.4, -0.2) is 25.0 Å². The lowest BCUT2D eigenvalue weighted by Gasteiger charge is -2.14. The fourth-order valence-electron chi connectivity index (χ4n) is 5.04. The van der Waals surface area contributed by atoms with Gasteiger partial charge in [0.2, 0.25) is 0 Å². The van der Waals surface area contributed by atoms with E-state index in [9.17, 15) is 13.2 Å². The van der Waals surface area contributed by atoms with Gasteiger partial charge in [-0.05, 0) is 97.9 Å². The second-order valence-electron chi connectivity index (χ2n) is 10.7. The Morgan fingerprint density at radius 2 is 1.39 bits per heavy atom. The molecule has 0 saturated carbocycles. The molecule has 0 aliphatic carbocycles. The van der Waals surface area contributed by atoms with Crippen LogP contribution in [-0.2, 0) is 15.9 Å². The van der Waals surface area contributed by atoms with Gasteiger partial charge in [0.1, 0.15) is 5.56 Å². The molecule has 0 heterocycles. The first-order chi connectivity index (χ1) is 22.0. The zero-order chi connectivity index (χ0) is 32.7. The molecule has 0 N–H and O–H groups in total. The molecule has 0 aromatic heterocycles. The smallest absolute Gasteiger partial charge is 0.485 e. The standard InChI is InChI=1S/C36H30NS.CHF3O3S/c1-2-3-19-37-24-26-15-17-27(18-16-26)25-38-33-13-8-12-31(22-33)36-34-14-7-6-11-30(34)21-32-20-28-9-4-5-10-29(28)23-35(32)36;2-1(3,4)8(5,6)7/h4-18,20-23H,2-3,19,25H2,1H3;(H,5,6,7)/q+1;/p-1. The topological polar surface area (TPSA) is 61.6 Å². The Morgan fingerprint density at radius 1 is 0.761 bits per heavy atom. The molecule has 46 heavy (non-hydrogen) atoms. The predicted molar refractivity (Wildman–Crippen MR) is 182 cm³/mol. The van der Waals surface area contributed by atoms with Crippen molar-refractivity contribution in [1.82, 2.24) is 0 Å². The van der Waals surface area contributed by atoms with Crippen molar-refractivity contribution in [2.45, 2.75) is 35.9 Å². The number of thioether (sulfide) groups is 1.